The Labute approximate surface area is 90.2 Å². The van der Waals surface area contributed by atoms with E-state index in [1.54, 1.807) is 0 Å². The smallest absolute Gasteiger partial charge is 0.384 e. The van der Waals surface area contributed by atoms with E-state index in [-0.39, 0.29) is 24.2 Å². The number of carbonyl (C=O) groups is 1. The first-order chi connectivity index (χ1) is 7.24. The van der Waals surface area contributed by atoms with Gasteiger partial charge in [0.1, 0.15) is 6.26 Å². The van der Waals surface area contributed by atoms with Gasteiger partial charge in [0.15, 0.2) is 5.78 Å². The summed E-state index contributed by atoms with van der Waals surface area (Å²) in [6.45, 7) is 0. The van der Waals surface area contributed by atoms with Gasteiger partial charge in [-0.2, -0.15) is 21.6 Å². The van der Waals surface area contributed by atoms with Crippen molar-refractivity contribution >= 4 is 15.9 Å². The molecule has 0 aromatic carbocycles. The second kappa shape index (κ2) is 4.44. The third kappa shape index (κ3) is 2.97. The van der Waals surface area contributed by atoms with E-state index in [4.69, 9.17) is 0 Å². The monoisotopic (exact) mass is 258 g/mol. The standard InChI is InChI=1S/C8H9F3O4S/c9-8(10,11)16(13,14)15-5-6-3-1-2-4-7(6)12/h5H,1-4H2/b6-5+. The van der Waals surface area contributed by atoms with Crippen LogP contribution >= 0.6 is 0 Å². The number of allylic oxidation sites excluding steroid dienone is 1. The zero-order chi connectivity index (χ0) is 12.4. The van der Waals surface area contributed by atoms with Crippen LogP contribution in [0, 0.1) is 0 Å². The summed E-state index contributed by atoms with van der Waals surface area (Å²) in [4.78, 5) is 11.1. The Kier molecular flexibility index (Phi) is 3.61. The summed E-state index contributed by atoms with van der Waals surface area (Å²) >= 11 is 0. The fourth-order valence-electron chi connectivity index (χ4n) is 1.20. The molecule has 0 spiro atoms. The minimum absolute atomic E-state index is 0.0147. The van der Waals surface area contributed by atoms with Crippen LogP contribution in [0.3, 0.4) is 0 Å². The van der Waals surface area contributed by atoms with Gasteiger partial charge in [-0.25, -0.2) is 0 Å². The lowest BCUT2D eigenvalue weighted by Crippen LogP contribution is -2.24. The van der Waals surface area contributed by atoms with E-state index in [0.717, 1.165) is 0 Å². The summed E-state index contributed by atoms with van der Waals surface area (Å²) in [5.74, 6) is -0.372. The normalized spacial score (nSPS) is 21.2. The maximum atomic E-state index is 11.9. The fourth-order valence-corrected chi connectivity index (χ4v) is 1.55. The molecule has 0 saturated heterocycles. The molecule has 0 heterocycles. The Bertz CT molecular complexity index is 407. The highest BCUT2D eigenvalue weighted by molar-refractivity contribution is 7.87. The summed E-state index contributed by atoms with van der Waals surface area (Å²) in [6, 6.07) is 0. The van der Waals surface area contributed by atoms with Crippen molar-refractivity contribution in [1.29, 1.82) is 0 Å². The van der Waals surface area contributed by atoms with Crippen LogP contribution in [0.5, 0.6) is 0 Å². The molecule has 4 nitrogen and oxygen atoms in total. The largest absolute Gasteiger partial charge is 0.534 e. The van der Waals surface area contributed by atoms with Crippen molar-refractivity contribution < 1.29 is 30.6 Å². The molecule has 0 unspecified atom stereocenters. The fraction of sp³-hybridized carbons (Fsp3) is 0.625. The first kappa shape index (κ1) is 13.0. The molecule has 1 rings (SSSR count). The zero-order valence-electron chi connectivity index (χ0n) is 8.08. The molecule has 1 aliphatic carbocycles. The topological polar surface area (TPSA) is 60.4 Å². The van der Waals surface area contributed by atoms with Gasteiger partial charge in [-0.3, -0.25) is 4.79 Å². The van der Waals surface area contributed by atoms with Gasteiger partial charge in [-0.1, -0.05) is 0 Å². The Morgan fingerprint density at radius 3 is 2.25 bits per heavy atom. The molecular formula is C8H9F3O4S. The lowest BCUT2D eigenvalue weighted by atomic mass is 9.95. The van der Waals surface area contributed by atoms with Gasteiger partial charge < -0.3 is 4.18 Å². The zero-order valence-corrected chi connectivity index (χ0v) is 8.90. The molecule has 0 aromatic rings. The van der Waals surface area contributed by atoms with Crippen molar-refractivity contribution in [2.24, 2.45) is 0 Å². The van der Waals surface area contributed by atoms with Crippen molar-refractivity contribution in [2.45, 2.75) is 31.2 Å². The number of ketones is 1. The lowest BCUT2D eigenvalue weighted by Gasteiger charge is -2.12. The van der Waals surface area contributed by atoms with Gasteiger partial charge in [0.25, 0.3) is 0 Å². The Balaban J connectivity index is 2.76. The summed E-state index contributed by atoms with van der Waals surface area (Å²) in [5, 5.41) is 0. The molecule has 0 aromatic heterocycles. The minimum atomic E-state index is -5.65. The molecule has 0 bridgehead atoms. The highest BCUT2D eigenvalue weighted by Gasteiger charge is 2.48. The van der Waals surface area contributed by atoms with Gasteiger partial charge in [0.2, 0.25) is 0 Å². The quantitative estimate of drug-likeness (QED) is 0.328. The molecule has 92 valence electrons. The molecule has 1 fully saturated rings. The predicted molar refractivity (Wildman–Crippen MR) is 47.6 cm³/mol. The molecule has 0 N–H and O–H groups in total. The average molecular weight is 258 g/mol. The van der Waals surface area contributed by atoms with Crippen LogP contribution in [-0.2, 0) is 19.1 Å². The van der Waals surface area contributed by atoms with E-state index in [0.29, 0.717) is 19.1 Å². The van der Waals surface area contributed by atoms with Crippen LogP contribution in [0.15, 0.2) is 11.8 Å². The Morgan fingerprint density at radius 1 is 1.19 bits per heavy atom. The maximum absolute atomic E-state index is 11.9. The highest BCUT2D eigenvalue weighted by atomic mass is 32.2. The maximum Gasteiger partial charge on any atom is 0.534 e. The second-order valence-electron chi connectivity index (χ2n) is 3.27. The molecule has 1 aliphatic rings. The van der Waals surface area contributed by atoms with Gasteiger partial charge >= 0.3 is 15.6 Å². The molecular weight excluding hydrogens is 249 g/mol. The second-order valence-corrected chi connectivity index (χ2v) is 4.83. The first-order valence-corrected chi connectivity index (χ1v) is 5.86. The number of rotatable bonds is 2. The average Bonchev–Trinajstić information content (AvgIpc) is 2.15. The SMILES string of the molecule is O=C1CCCC/C1=C\OS(=O)(=O)C(F)(F)F. The third-order valence-electron chi connectivity index (χ3n) is 2.06. The van der Waals surface area contributed by atoms with Crippen LogP contribution in [0.4, 0.5) is 13.2 Å². The molecule has 0 aliphatic heterocycles. The van der Waals surface area contributed by atoms with Gasteiger partial charge in [0, 0.05) is 12.0 Å². The lowest BCUT2D eigenvalue weighted by molar-refractivity contribution is -0.116. The van der Waals surface area contributed by atoms with Crippen molar-refractivity contribution in [3.8, 4) is 0 Å². The van der Waals surface area contributed by atoms with Crippen molar-refractivity contribution in [3.05, 3.63) is 11.8 Å². The molecule has 0 atom stereocenters. The number of Topliss-reactive ketones (excluding diaryl/α,β-unsaturated/α-hetero) is 1. The molecule has 16 heavy (non-hydrogen) atoms. The van der Waals surface area contributed by atoms with Crippen LogP contribution in [0.25, 0.3) is 0 Å². The van der Waals surface area contributed by atoms with Crippen LogP contribution < -0.4 is 0 Å². The van der Waals surface area contributed by atoms with E-state index in [1.165, 1.54) is 0 Å². The van der Waals surface area contributed by atoms with Crippen molar-refractivity contribution in [1.82, 2.24) is 0 Å². The predicted octanol–water partition coefficient (Wildman–Crippen LogP) is 1.88. The molecule has 0 radical (unpaired) electrons. The van der Waals surface area contributed by atoms with Crippen molar-refractivity contribution in [2.75, 3.05) is 0 Å². The summed E-state index contributed by atoms with van der Waals surface area (Å²) < 4.78 is 60.2. The number of hydrogen-bond donors (Lipinski definition) is 0. The number of alkyl halides is 3. The Hall–Kier alpha value is -1.05. The van der Waals surface area contributed by atoms with E-state index < -0.39 is 15.6 Å². The first-order valence-electron chi connectivity index (χ1n) is 4.46. The minimum Gasteiger partial charge on any atom is -0.384 e. The van der Waals surface area contributed by atoms with Crippen LogP contribution in [0.2, 0.25) is 0 Å². The van der Waals surface area contributed by atoms with E-state index in [1.807, 2.05) is 0 Å². The van der Waals surface area contributed by atoms with Gasteiger partial charge in [-0.15, -0.1) is 0 Å². The van der Waals surface area contributed by atoms with Gasteiger partial charge in [-0.05, 0) is 19.3 Å². The summed E-state index contributed by atoms with van der Waals surface area (Å²) in [7, 11) is -5.65. The van der Waals surface area contributed by atoms with Gasteiger partial charge in [0.05, 0.1) is 0 Å². The summed E-state index contributed by atoms with van der Waals surface area (Å²) in [6.07, 6.45) is 2.13. The molecule has 8 heteroatoms. The summed E-state index contributed by atoms with van der Waals surface area (Å²) in [5.41, 5.74) is -5.49. The highest BCUT2D eigenvalue weighted by Crippen LogP contribution is 2.26. The molecule has 0 amide bonds. The molecule has 1 saturated carbocycles. The number of carbonyl (C=O) groups excluding carboxylic acids is 1. The van der Waals surface area contributed by atoms with Crippen LogP contribution in [-0.4, -0.2) is 19.7 Å². The van der Waals surface area contributed by atoms with Crippen molar-refractivity contribution in [3.63, 3.8) is 0 Å². The third-order valence-corrected chi connectivity index (χ3v) is 2.98. The Morgan fingerprint density at radius 2 is 1.75 bits per heavy atom. The van der Waals surface area contributed by atoms with E-state index in [9.17, 15) is 26.4 Å². The van der Waals surface area contributed by atoms with Crippen LogP contribution in [0.1, 0.15) is 25.7 Å². The van der Waals surface area contributed by atoms with E-state index >= 15 is 0 Å². The number of halogens is 3. The van der Waals surface area contributed by atoms with E-state index in [2.05, 4.69) is 4.18 Å². The number of hydrogen-bond acceptors (Lipinski definition) is 4.